The van der Waals surface area contributed by atoms with Crippen molar-refractivity contribution in [3.63, 3.8) is 0 Å². The highest BCUT2D eigenvalue weighted by molar-refractivity contribution is 7.89. The number of carbonyl (C=O) groups is 1. The molecule has 0 atom stereocenters. The molecule has 24 heavy (non-hydrogen) atoms. The van der Waals surface area contributed by atoms with Crippen molar-refractivity contribution >= 4 is 21.8 Å². The van der Waals surface area contributed by atoms with E-state index in [4.69, 9.17) is 5.73 Å². The molecule has 1 aromatic heterocycles. The Morgan fingerprint density at radius 1 is 1.12 bits per heavy atom. The number of rotatable bonds is 4. The number of sulfonamides is 1. The van der Waals surface area contributed by atoms with Gasteiger partial charge in [0.05, 0.1) is 4.90 Å². The van der Waals surface area contributed by atoms with Gasteiger partial charge in [0.1, 0.15) is 5.82 Å². The van der Waals surface area contributed by atoms with E-state index in [0.717, 1.165) is 0 Å². The number of hydrogen-bond acceptors (Lipinski definition) is 5. The lowest BCUT2D eigenvalue weighted by molar-refractivity contribution is 0.0691. The smallest absolute Gasteiger partial charge is 0.355 e. The third kappa shape index (κ3) is 4.09. The van der Waals surface area contributed by atoms with Crippen LogP contribution in [0, 0.1) is 0 Å². The van der Waals surface area contributed by atoms with E-state index in [1.807, 2.05) is 0 Å². The number of benzene rings is 1. The first kappa shape index (κ1) is 17.9. The minimum atomic E-state index is -3.65. The Bertz CT molecular complexity index is 869. The zero-order valence-corrected chi connectivity index (χ0v) is 14.4. The number of carboxylic acid groups (broad SMARTS) is 1. The van der Waals surface area contributed by atoms with E-state index in [9.17, 15) is 18.3 Å². The summed E-state index contributed by atoms with van der Waals surface area (Å²) < 4.78 is 27.1. The Kier molecular flexibility index (Phi) is 4.63. The lowest BCUT2D eigenvalue weighted by Crippen LogP contribution is -2.40. The maximum atomic E-state index is 12.3. The Labute approximate surface area is 140 Å². The Morgan fingerprint density at radius 2 is 1.71 bits per heavy atom. The minimum absolute atomic E-state index is 0.0986. The summed E-state index contributed by atoms with van der Waals surface area (Å²) in [5.41, 5.74) is 5.64. The maximum Gasteiger partial charge on any atom is 0.355 e. The fourth-order valence-corrected chi connectivity index (χ4v) is 3.56. The molecule has 0 spiro atoms. The molecule has 0 bridgehead atoms. The van der Waals surface area contributed by atoms with Crippen molar-refractivity contribution < 1.29 is 18.3 Å². The number of nitrogen functional groups attached to an aromatic ring is 1. The number of pyridine rings is 1. The van der Waals surface area contributed by atoms with Gasteiger partial charge in [0.15, 0.2) is 5.69 Å². The van der Waals surface area contributed by atoms with Crippen LogP contribution in [0.15, 0.2) is 41.3 Å². The molecule has 0 unspecified atom stereocenters. The summed E-state index contributed by atoms with van der Waals surface area (Å²) in [4.78, 5) is 15.2. The van der Waals surface area contributed by atoms with Gasteiger partial charge in [-0.1, -0.05) is 12.1 Å². The SMILES string of the molecule is CC(C)(C)NS(=O)(=O)c1ccc(-c2ccc(N)nc2C(=O)O)cc1. The summed E-state index contributed by atoms with van der Waals surface area (Å²) in [7, 11) is -3.65. The predicted octanol–water partition coefficient (Wildman–Crippen LogP) is 2.11. The molecular formula is C16H19N3O4S. The van der Waals surface area contributed by atoms with Gasteiger partial charge in [0.2, 0.25) is 10.0 Å². The van der Waals surface area contributed by atoms with Crippen molar-refractivity contribution in [3.8, 4) is 11.1 Å². The second kappa shape index (κ2) is 6.21. The fourth-order valence-electron chi connectivity index (χ4n) is 2.15. The highest BCUT2D eigenvalue weighted by Gasteiger charge is 2.22. The Hall–Kier alpha value is -2.45. The summed E-state index contributed by atoms with van der Waals surface area (Å²) in [6.07, 6.45) is 0. The number of aromatic nitrogens is 1. The normalized spacial score (nSPS) is 12.1. The quantitative estimate of drug-likeness (QED) is 0.777. The van der Waals surface area contributed by atoms with E-state index in [1.165, 1.54) is 30.3 Å². The van der Waals surface area contributed by atoms with Gasteiger partial charge in [-0.25, -0.2) is 22.9 Å². The van der Waals surface area contributed by atoms with E-state index in [1.54, 1.807) is 26.8 Å². The zero-order chi connectivity index (χ0) is 18.1. The minimum Gasteiger partial charge on any atom is -0.476 e. The first-order valence-corrected chi connectivity index (χ1v) is 8.62. The van der Waals surface area contributed by atoms with Gasteiger partial charge in [0, 0.05) is 11.1 Å². The summed E-state index contributed by atoms with van der Waals surface area (Å²) in [5.74, 6) is -1.10. The highest BCUT2D eigenvalue weighted by atomic mass is 32.2. The summed E-state index contributed by atoms with van der Waals surface area (Å²) >= 11 is 0. The van der Waals surface area contributed by atoms with Crippen LogP contribution in [0.2, 0.25) is 0 Å². The van der Waals surface area contributed by atoms with Gasteiger partial charge in [-0.2, -0.15) is 0 Å². The van der Waals surface area contributed by atoms with E-state index in [2.05, 4.69) is 9.71 Å². The van der Waals surface area contributed by atoms with Crippen molar-refractivity contribution in [2.45, 2.75) is 31.2 Å². The van der Waals surface area contributed by atoms with Crippen LogP contribution < -0.4 is 10.5 Å². The van der Waals surface area contributed by atoms with E-state index in [-0.39, 0.29) is 16.4 Å². The van der Waals surface area contributed by atoms with Crippen LogP contribution in [0.1, 0.15) is 31.3 Å². The molecule has 0 aliphatic rings. The van der Waals surface area contributed by atoms with Crippen molar-refractivity contribution in [1.82, 2.24) is 9.71 Å². The lowest BCUT2D eigenvalue weighted by atomic mass is 10.0. The number of nitrogens with two attached hydrogens (primary N) is 1. The molecule has 2 rings (SSSR count). The number of anilines is 1. The van der Waals surface area contributed by atoms with Gasteiger partial charge in [-0.3, -0.25) is 0 Å². The van der Waals surface area contributed by atoms with E-state index in [0.29, 0.717) is 11.1 Å². The van der Waals surface area contributed by atoms with Gasteiger partial charge in [0.25, 0.3) is 0 Å². The van der Waals surface area contributed by atoms with Crippen LogP contribution in [0.5, 0.6) is 0 Å². The molecule has 0 saturated heterocycles. The van der Waals surface area contributed by atoms with Crippen LogP contribution >= 0.6 is 0 Å². The molecule has 1 heterocycles. The Balaban J connectivity index is 2.43. The van der Waals surface area contributed by atoms with Gasteiger partial charge >= 0.3 is 5.97 Å². The Morgan fingerprint density at radius 3 is 2.21 bits per heavy atom. The summed E-state index contributed by atoms with van der Waals surface area (Å²) in [5, 5.41) is 9.24. The second-order valence-electron chi connectivity index (χ2n) is 6.32. The van der Waals surface area contributed by atoms with Crippen molar-refractivity contribution in [3.05, 3.63) is 42.1 Å². The molecular weight excluding hydrogens is 330 g/mol. The summed E-state index contributed by atoms with van der Waals surface area (Å²) in [6, 6.07) is 8.96. The largest absolute Gasteiger partial charge is 0.476 e. The third-order valence-electron chi connectivity index (χ3n) is 3.04. The monoisotopic (exact) mass is 349 g/mol. The maximum absolute atomic E-state index is 12.3. The van der Waals surface area contributed by atoms with Crippen LogP contribution in [0.25, 0.3) is 11.1 Å². The molecule has 0 saturated carbocycles. The lowest BCUT2D eigenvalue weighted by Gasteiger charge is -2.20. The molecule has 128 valence electrons. The van der Waals surface area contributed by atoms with Crippen molar-refractivity contribution in [1.29, 1.82) is 0 Å². The predicted molar refractivity (Wildman–Crippen MR) is 91.1 cm³/mol. The van der Waals surface area contributed by atoms with Crippen LogP contribution in [-0.4, -0.2) is 30.0 Å². The number of nitrogens with one attached hydrogen (secondary N) is 1. The molecule has 0 fully saturated rings. The fraction of sp³-hybridized carbons (Fsp3) is 0.250. The molecule has 1 aromatic carbocycles. The molecule has 4 N–H and O–H groups in total. The first-order valence-electron chi connectivity index (χ1n) is 7.14. The molecule has 0 aliphatic carbocycles. The standard InChI is InChI=1S/C16H19N3O4S/c1-16(2,3)19-24(22,23)11-6-4-10(5-7-11)12-8-9-13(17)18-14(12)15(20)21/h4-9,19H,1-3H3,(H2,17,18)(H,20,21). The molecule has 0 radical (unpaired) electrons. The molecule has 2 aromatic rings. The molecule has 7 nitrogen and oxygen atoms in total. The zero-order valence-electron chi connectivity index (χ0n) is 13.6. The molecule has 8 heteroatoms. The average Bonchev–Trinajstić information content (AvgIpc) is 2.45. The van der Waals surface area contributed by atoms with Crippen molar-refractivity contribution in [2.75, 3.05) is 5.73 Å². The average molecular weight is 349 g/mol. The van der Waals surface area contributed by atoms with Crippen LogP contribution in [0.4, 0.5) is 5.82 Å². The van der Waals surface area contributed by atoms with Gasteiger partial charge in [-0.05, 0) is 50.6 Å². The second-order valence-corrected chi connectivity index (χ2v) is 8.00. The van der Waals surface area contributed by atoms with Gasteiger partial charge in [-0.15, -0.1) is 0 Å². The van der Waals surface area contributed by atoms with Crippen molar-refractivity contribution in [2.24, 2.45) is 0 Å². The number of aromatic carboxylic acids is 1. The van der Waals surface area contributed by atoms with E-state index < -0.39 is 21.5 Å². The topological polar surface area (TPSA) is 122 Å². The van der Waals surface area contributed by atoms with Crippen LogP contribution in [0.3, 0.4) is 0 Å². The van der Waals surface area contributed by atoms with Crippen LogP contribution in [-0.2, 0) is 10.0 Å². The third-order valence-corrected chi connectivity index (χ3v) is 4.81. The number of nitrogens with zero attached hydrogens (tertiary/aromatic N) is 1. The first-order chi connectivity index (χ1) is 11.0. The molecule has 0 aliphatic heterocycles. The number of carboxylic acids is 1. The highest BCUT2D eigenvalue weighted by Crippen LogP contribution is 2.25. The number of hydrogen-bond donors (Lipinski definition) is 3. The molecule has 0 amide bonds. The van der Waals surface area contributed by atoms with E-state index >= 15 is 0 Å². The summed E-state index contributed by atoms with van der Waals surface area (Å²) in [6.45, 7) is 5.24. The van der Waals surface area contributed by atoms with Gasteiger partial charge < -0.3 is 10.8 Å².